The molecule has 4 aromatic heterocycles. The van der Waals surface area contributed by atoms with Crippen LogP contribution < -0.4 is 0 Å². The molecule has 45 heavy (non-hydrogen) atoms. The van der Waals surface area contributed by atoms with Gasteiger partial charge in [-0.3, -0.25) is 4.57 Å². The zero-order valence-corrected chi connectivity index (χ0v) is 25.4. The molecule has 6 aromatic carbocycles. The lowest BCUT2D eigenvalue weighted by molar-refractivity contribution is 0.954. The standard InChI is InChI=1S/C39H22N4S2/c1-3-11-23(12-4-1)37-40-38(24-13-5-2-6-14-24)42-39(41-37)43-31-17-9-7-15-25(31)29-21-30-28-20-19-27-26-16-8-10-18-33(26)44-35(27)36(28)45-34(30)22-32(29)43/h1-22H. The second-order valence-corrected chi connectivity index (χ2v) is 13.4. The van der Waals surface area contributed by atoms with Crippen molar-refractivity contribution in [3.63, 3.8) is 0 Å². The van der Waals surface area contributed by atoms with Gasteiger partial charge in [0.25, 0.3) is 0 Å². The highest BCUT2D eigenvalue weighted by Crippen LogP contribution is 2.46. The molecule has 0 N–H and O–H groups in total. The molecule has 0 radical (unpaired) electrons. The third kappa shape index (κ3) is 3.73. The average molecular weight is 611 g/mol. The summed E-state index contributed by atoms with van der Waals surface area (Å²) in [6, 6.07) is 46.9. The summed E-state index contributed by atoms with van der Waals surface area (Å²) in [6.07, 6.45) is 0. The molecule has 6 heteroatoms. The zero-order chi connectivity index (χ0) is 29.5. The molecular weight excluding hydrogens is 589 g/mol. The summed E-state index contributed by atoms with van der Waals surface area (Å²) >= 11 is 3.77. The Hall–Kier alpha value is -5.43. The Morgan fingerprint density at radius 2 is 0.978 bits per heavy atom. The fourth-order valence-electron chi connectivity index (χ4n) is 6.59. The van der Waals surface area contributed by atoms with E-state index in [-0.39, 0.29) is 0 Å². The molecule has 10 aromatic rings. The lowest BCUT2D eigenvalue weighted by Gasteiger charge is -2.10. The van der Waals surface area contributed by atoms with E-state index >= 15 is 0 Å². The van der Waals surface area contributed by atoms with Gasteiger partial charge in [0.2, 0.25) is 5.95 Å². The number of nitrogens with zero attached hydrogens (tertiary/aromatic N) is 4. The maximum atomic E-state index is 5.11. The minimum absolute atomic E-state index is 0.612. The van der Waals surface area contributed by atoms with Crippen molar-refractivity contribution in [2.45, 2.75) is 0 Å². The third-order valence-corrected chi connectivity index (χ3v) is 11.2. The normalized spacial score (nSPS) is 12.0. The quantitative estimate of drug-likeness (QED) is 0.200. The molecule has 0 amide bonds. The highest BCUT2D eigenvalue weighted by Gasteiger charge is 2.20. The van der Waals surface area contributed by atoms with Crippen LogP contribution in [0.5, 0.6) is 0 Å². The molecule has 0 spiro atoms. The average Bonchev–Trinajstić information content (AvgIpc) is 3.77. The molecule has 4 heterocycles. The predicted molar refractivity (Wildman–Crippen MR) is 191 cm³/mol. The lowest BCUT2D eigenvalue weighted by Crippen LogP contribution is -2.06. The van der Waals surface area contributed by atoms with Crippen LogP contribution in [0.15, 0.2) is 133 Å². The maximum Gasteiger partial charge on any atom is 0.238 e. The summed E-state index contributed by atoms with van der Waals surface area (Å²) in [5.74, 6) is 1.92. The van der Waals surface area contributed by atoms with Gasteiger partial charge in [-0.05, 0) is 24.3 Å². The molecule has 0 aliphatic heterocycles. The van der Waals surface area contributed by atoms with Crippen LogP contribution >= 0.6 is 22.7 Å². The van der Waals surface area contributed by atoms with Crippen LogP contribution in [0.25, 0.3) is 90.9 Å². The van der Waals surface area contributed by atoms with E-state index in [9.17, 15) is 0 Å². The molecule has 0 aliphatic carbocycles. The van der Waals surface area contributed by atoms with Crippen LogP contribution in [0.2, 0.25) is 0 Å². The van der Waals surface area contributed by atoms with Gasteiger partial charge in [-0.1, -0.05) is 109 Å². The lowest BCUT2D eigenvalue weighted by atomic mass is 10.1. The van der Waals surface area contributed by atoms with Crippen molar-refractivity contribution < 1.29 is 0 Å². The Kier molecular flexibility index (Phi) is 5.29. The summed E-state index contributed by atoms with van der Waals surface area (Å²) in [5, 5.41) is 7.64. The fourth-order valence-corrected chi connectivity index (χ4v) is 9.15. The second kappa shape index (κ2) is 9.53. The zero-order valence-electron chi connectivity index (χ0n) is 23.8. The minimum Gasteiger partial charge on any atom is -0.278 e. The van der Waals surface area contributed by atoms with E-state index in [1.54, 1.807) is 0 Å². The molecule has 210 valence electrons. The first kappa shape index (κ1) is 25.0. The van der Waals surface area contributed by atoms with E-state index in [1.165, 1.54) is 51.1 Å². The summed E-state index contributed by atoms with van der Waals surface area (Å²) in [6.45, 7) is 0. The van der Waals surface area contributed by atoms with Crippen molar-refractivity contribution in [3.8, 4) is 28.7 Å². The van der Waals surface area contributed by atoms with Gasteiger partial charge >= 0.3 is 0 Å². The van der Waals surface area contributed by atoms with Gasteiger partial charge in [0, 0.05) is 52.8 Å². The van der Waals surface area contributed by atoms with Crippen LogP contribution in [0.4, 0.5) is 0 Å². The predicted octanol–water partition coefficient (Wildman–Crippen LogP) is 11.0. The Morgan fingerprint density at radius 1 is 0.400 bits per heavy atom. The first-order valence-electron chi connectivity index (χ1n) is 14.9. The highest BCUT2D eigenvalue weighted by atomic mass is 32.1. The third-order valence-electron chi connectivity index (χ3n) is 8.67. The Morgan fingerprint density at radius 3 is 1.69 bits per heavy atom. The Bertz CT molecular complexity index is 2700. The van der Waals surface area contributed by atoms with E-state index in [0.29, 0.717) is 17.6 Å². The van der Waals surface area contributed by atoms with Gasteiger partial charge in [0.05, 0.1) is 20.4 Å². The van der Waals surface area contributed by atoms with Gasteiger partial charge < -0.3 is 0 Å². The molecular formula is C39H22N4S2. The van der Waals surface area contributed by atoms with Crippen LogP contribution in [0.3, 0.4) is 0 Å². The highest BCUT2D eigenvalue weighted by molar-refractivity contribution is 7.33. The van der Waals surface area contributed by atoms with Crippen molar-refractivity contribution in [1.82, 2.24) is 19.5 Å². The van der Waals surface area contributed by atoms with E-state index in [2.05, 4.69) is 102 Å². The van der Waals surface area contributed by atoms with Crippen LogP contribution in [-0.4, -0.2) is 19.5 Å². The van der Waals surface area contributed by atoms with Crippen molar-refractivity contribution in [1.29, 1.82) is 0 Å². The fraction of sp³-hybridized carbons (Fsp3) is 0. The molecule has 0 bridgehead atoms. The maximum absolute atomic E-state index is 5.11. The van der Waals surface area contributed by atoms with E-state index in [1.807, 2.05) is 59.1 Å². The van der Waals surface area contributed by atoms with Gasteiger partial charge in [-0.25, -0.2) is 4.98 Å². The van der Waals surface area contributed by atoms with Crippen molar-refractivity contribution in [2.75, 3.05) is 0 Å². The largest absolute Gasteiger partial charge is 0.278 e. The van der Waals surface area contributed by atoms with Crippen LogP contribution in [-0.2, 0) is 0 Å². The molecule has 0 atom stereocenters. The number of para-hydroxylation sites is 1. The summed E-state index contributed by atoms with van der Waals surface area (Å²) in [7, 11) is 0. The number of hydrogen-bond acceptors (Lipinski definition) is 5. The van der Waals surface area contributed by atoms with E-state index in [0.717, 1.165) is 22.2 Å². The van der Waals surface area contributed by atoms with Crippen LogP contribution in [0.1, 0.15) is 0 Å². The van der Waals surface area contributed by atoms with E-state index in [4.69, 9.17) is 15.0 Å². The molecule has 0 fully saturated rings. The number of thiophene rings is 2. The molecule has 10 rings (SSSR count). The SMILES string of the molecule is c1ccc(-c2nc(-c3ccccc3)nc(-n3c4ccccc4c4cc5c(cc43)sc3c5ccc4c5ccccc5sc43)n2)cc1. The molecule has 4 nitrogen and oxygen atoms in total. The monoisotopic (exact) mass is 610 g/mol. The first-order valence-corrected chi connectivity index (χ1v) is 16.5. The number of aromatic nitrogens is 4. The van der Waals surface area contributed by atoms with Gasteiger partial charge in [0.1, 0.15) is 0 Å². The summed E-state index contributed by atoms with van der Waals surface area (Å²) < 4.78 is 7.52. The summed E-state index contributed by atoms with van der Waals surface area (Å²) in [5.41, 5.74) is 4.08. The first-order chi connectivity index (χ1) is 22.3. The smallest absolute Gasteiger partial charge is 0.238 e. The number of fused-ring (bicyclic) bond motifs is 10. The molecule has 0 saturated carbocycles. The van der Waals surface area contributed by atoms with Gasteiger partial charge in [-0.2, -0.15) is 9.97 Å². The topological polar surface area (TPSA) is 43.6 Å². The Labute approximate surface area is 265 Å². The molecule has 0 aliphatic rings. The molecule has 0 unspecified atom stereocenters. The summed E-state index contributed by atoms with van der Waals surface area (Å²) in [4.78, 5) is 15.1. The van der Waals surface area contributed by atoms with Crippen molar-refractivity contribution in [3.05, 3.63) is 133 Å². The molecule has 0 saturated heterocycles. The number of benzene rings is 6. The van der Waals surface area contributed by atoms with Crippen molar-refractivity contribution >= 4 is 84.8 Å². The van der Waals surface area contributed by atoms with Crippen molar-refractivity contribution in [2.24, 2.45) is 0 Å². The Balaban J connectivity index is 1.29. The minimum atomic E-state index is 0.612. The number of hydrogen-bond donors (Lipinski definition) is 0. The second-order valence-electron chi connectivity index (χ2n) is 11.3. The van der Waals surface area contributed by atoms with Gasteiger partial charge in [-0.15, -0.1) is 22.7 Å². The van der Waals surface area contributed by atoms with E-state index < -0.39 is 0 Å². The van der Waals surface area contributed by atoms with Crippen LogP contribution in [0, 0.1) is 0 Å². The number of rotatable bonds is 3. The van der Waals surface area contributed by atoms with Gasteiger partial charge in [0.15, 0.2) is 11.6 Å².